The van der Waals surface area contributed by atoms with Gasteiger partial charge in [-0.2, -0.15) is 4.31 Å². The first-order valence-electron chi connectivity index (χ1n) is 11.1. The van der Waals surface area contributed by atoms with Crippen LogP contribution in [0.25, 0.3) is 0 Å². The summed E-state index contributed by atoms with van der Waals surface area (Å²) in [5, 5.41) is 2.83. The molecule has 0 saturated carbocycles. The minimum absolute atomic E-state index is 0.0392. The highest BCUT2D eigenvalue weighted by Gasteiger charge is 2.29. The summed E-state index contributed by atoms with van der Waals surface area (Å²) < 4.78 is 39.0. The Bertz CT molecular complexity index is 1010. The molecule has 1 fully saturated rings. The van der Waals surface area contributed by atoms with E-state index in [2.05, 4.69) is 5.32 Å². The predicted octanol–water partition coefficient (Wildman–Crippen LogP) is 3.77. The number of carbonyl (C=O) groups is 1. The van der Waals surface area contributed by atoms with Gasteiger partial charge >= 0.3 is 0 Å². The number of nitrogens with one attached hydrogen (secondary N) is 1. The summed E-state index contributed by atoms with van der Waals surface area (Å²) in [4.78, 5) is 12.7. The van der Waals surface area contributed by atoms with Gasteiger partial charge in [0.15, 0.2) is 0 Å². The molecule has 32 heavy (non-hydrogen) atoms. The summed E-state index contributed by atoms with van der Waals surface area (Å²) in [5.41, 5.74) is 1.42. The Hall–Kier alpha value is -2.58. The number of hydrogen-bond donors (Lipinski definition) is 1. The zero-order valence-electron chi connectivity index (χ0n) is 18.8. The summed E-state index contributed by atoms with van der Waals surface area (Å²) in [7, 11) is -2.30. The van der Waals surface area contributed by atoms with Gasteiger partial charge in [0.05, 0.1) is 13.7 Å². The normalized spacial score (nSPS) is 15.1. The standard InChI is InChI=1S/C24H32N2O5S/c1-19-9-7-10-21(17-19)31-16-8-13-25-24(27)20-11-12-22(30-2)23(18-20)32(28,29)26-14-5-3-4-6-15-26/h7,9-12,17-18H,3-6,8,13-16H2,1-2H3,(H,25,27). The molecule has 0 aliphatic carbocycles. The fourth-order valence-corrected chi connectivity index (χ4v) is 5.41. The van der Waals surface area contributed by atoms with Crippen molar-refractivity contribution in [1.29, 1.82) is 0 Å². The second kappa shape index (κ2) is 11.3. The lowest BCUT2D eigenvalue weighted by Crippen LogP contribution is -2.32. The van der Waals surface area contributed by atoms with Crippen LogP contribution in [-0.4, -0.2) is 52.0 Å². The van der Waals surface area contributed by atoms with Crippen LogP contribution in [0.15, 0.2) is 47.4 Å². The van der Waals surface area contributed by atoms with Crippen LogP contribution < -0.4 is 14.8 Å². The number of ether oxygens (including phenoxy) is 2. The van der Waals surface area contributed by atoms with E-state index in [1.807, 2.05) is 31.2 Å². The molecule has 2 aromatic rings. The Labute approximate surface area is 190 Å². The molecule has 8 heteroatoms. The number of nitrogens with zero attached hydrogens (tertiary/aromatic N) is 1. The number of hydrogen-bond acceptors (Lipinski definition) is 5. The largest absolute Gasteiger partial charge is 0.495 e. The van der Waals surface area contributed by atoms with Crippen molar-refractivity contribution in [2.45, 2.75) is 43.9 Å². The lowest BCUT2D eigenvalue weighted by molar-refractivity contribution is 0.0951. The fraction of sp³-hybridized carbons (Fsp3) is 0.458. The SMILES string of the molecule is COc1ccc(C(=O)NCCCOc2cccc(C)c2)cc1S(=O)(=O)N1CCCCCC1. The highest BCUT2D eigenvalue weighted by Crippen LogP contribution is 2.29. The first-order chi connectivity index (χ1) is 15.4. The van der Waals surface area contributed by atoms with E-state index in [0.717, 1.165) is 37.0 Å². The topological polar surface area (TPSA) is 84.9 Å². The molecule has 0 radical (unpaired) electrons. The van der Waals surface area contributed by atoms with Crippen molar-refractivity contribution in [3.63, 3.8) is 0 Å². The van der Waals surface area contributed by atoms with E-state index in [-0.39, 0.29) is 16.6 Å². The second-order valence-electron chi connectivity index (χ2n) is 7.96. The number of carbonyl (C=O) groups excluding carboxylic acids is 1. The highest BCUT2D eigenvalue weighted by atomic mass is 32.2. The van der Waals surface area contributed by atoms with Gasteiger partial charge in [-0.25, -0.2) is 8.42 Å². The van der Waals surface area contributed by atoms with Gasteiger partial charge in [0.25, 0.3) is 5.91 Å². The van der Waals surface area contributed by atoms with Crippen molar-refractivity contribution >= 4 is 15.9 Å². The van der Waals surface area contributed by atoms with Crippen molar-refractivity contribution in [3.8, 4) is 11.5 Å². The van der Waals surface area contributed by atoms with Crippen LogP contribution in [0, 0.1) is 6.92 Å². The molecule has 7 nitrogen and oxygen atoms in total. The van der Waals surface area contributed by atoms with Crippen molar-refractivity contribution in [3.05, 3.63) is 53.6 Å². The smallest absolute Gasteiger partial charge is 0.251 e. The Kier molecular flexibility index (Phi) is 8.53. The molecule has 1 aliphatic heterocycles. The maximum absolute atomic E-state index is 13.3. The number of benzene rings is 2. The third kappa shape index (κ3) is 6.23. The van der Waals surface area contributed by atoms with Gasteiger partial charge in [0.1, 0.15) is 16.4 Å². The quantitative estimate of drug-likeness (QED) is 0.576. The molecule has 1 aliphatic rings. The Morgan fingerprint density at radius 2 is 1.81 bits per heavy atom. The minimum Gasteiger partial charge on any atom is -0.495 e. The maximum atomic E-state index is 13.3. The summed E-state index contributed by atoms with van der Waals surface area (Å²) in [6.07, 6.45) is 4.37. The van der Waals surface area contributed by atoms with Gasteiger partial charge in [-0.15, -0.1) is 0 Å². The molecule has 0 bridgehead atoms. The van der Waals surface area contributed by atoms with E-state index < -0.39 is 10.0 Å². The van der Waals surface area contributed by atoms with Gasteiger partial charge in [-0.05, 0) is 62.1 Å². The van der Waals surface area contributed by atoms with Crippen molar-refractivity contribution in [1.82, 2.24) is 9.62 Å². The van der Waals surface area contributed by atoms with E-state index in [1.165, 1.54) is 17.5 Å². The third-order valence-corrected chi connectivity index (χ3v) is 7.39. The van der Waals surface area contributed by atoms with Gasteiger partial charge in [-0.1, -0.05) is 25.0 Å². The van der Waals surface area contributed by atoms with Gasteiger partial charge < -0.3 is 14.8 Å². The highest BCUT2D eigenvalue weighted by molar-refractivity contribution is 7.89. The average molecular weight is 461 g/mol. The molecule has 2 aromatic carbocycles. The van der Waals surface area contributed by atoms with Crippen molar-refractivity contribution in [2.75, 3.05) is 33.4 Å². The van der Waals surface area contributed by atoms with Crippen LogP contribution in [0.1, 0.15) is 48.0 Å². The van der Waals surface area contributed by atoms with Crippen LogP contribution in [-0.2, 0) is 10.0 Å². The van der Waals surface area contributed by atoms with E-state index in [9.17, 15) is 13.2 Å². The number of methoxy groups -OCH3 is 1. The Morgan fingerprint density at radius 3 is 2.50 bits per heavy atom. The maximum Gasteiger partial charge on any atom is 0.251 e. The lowest BCUT2D eigenvalue weighted by Gasteiger charge is -2.21. The van der Waals surface area contributed by atoms with Crippen LogP contribution in [0.5, 0.6) is 11.5 Å². The zero-order chi connectivity index (χ0) is 23.0. The average Bonchev–Trinajstić information content (AvgIpc) is 3.08. The zero-order valence-corrected chi connectivity index (χ0v) is 19.6. The van der Waals surface area contributed by atoms with Crippen LogP contribution in [0.2, 0.25) is 0 Å². The first-order valence-corrected chi connectivity index (χ1v) is 12.5. The molecule has 0 unspecified atom stereocenters. The Morgan fingerprint density at radius 1 is 1.06 bits per heavy atom. The van der Waals surface area contributed by atoms with Crippen molar-refractivity contribution in [2.24, 2.45) is 0 Å². The molecule has 3 rings (SSSR count). The molecule has 0 spiro atoms. The molecule has 1 N–H and O–H groups in total. The van der Waals surface area contributed by atoms with E-state index >= 15 is 0 Å². The van der Waals surface area contributed by atoms with Gasteiger partial charge in [0.2, 0.25) is 10.0 Å². The predicted molar refractivity (Wildman–Crippen MR) is 124 cm³/mol. The number of rotatable bonds is 9. The van der Waals surface area contributed by atoms with E-state index in [1.54, 1.807) is 12.1 Å². The lowest BCUT2D eigenvalue weighted by atomic mass is 10.2. The molecule has 174 valence electrons. The van der Waals surface area contributed by atoms with Crippen LogP contribution >= 0.6 is 0 Å². The summed E-state index contributed by atoms with van der Waals surface area (Å²) >= 11 is 0. The molecular formula is C24H32N2O5S. The molecule has 0 aromatic heterocycles. The monoisotopic (exact) mass is 460 g/mol. The molecular weight excluding hydrogens is 428 g/mol. The molecule has 1 heterocycles. The summed E-state index contributed by atoms with van der Waals surface area (Å²) in [6.45, 7) is 3.88. The fourth-order valence-electron chi connectivity index (χ4n) is 3.71. The number of amides is 1. The van der Waals surface area contributed by atoms with Crippen molar-refractivity contribution < 1.29 is 22.7 Å². The minimum atomic E-state index is -3.74. The van der Waals surface area contributed by atoms with E-state index in [0.29, 0.717) is 38.2 Å². The Balaban J connectivity index is 1.61. The molecule has 1 amide bonds. The van der Waals surface area contributed by atoms with Gasteiger partial charge in [-0.3, -0.25) is 4.79 Å². The van der Waals surface area contributed by atoms with Crippen LogP contribution in [0.3, 0.4) is 0 Å². The van der Waals surface area contributed by atoms with Gasteiger partial charge in [0, 0.05) is 25.2 Å². The summed E-state index contributed by atoms with van der Waals surface area (Å²) in [6, 6.07) is 12.3. The second-order valence-corrected chi connectivity index (χ2v) is 9.86. The molecule has 0 atom stereocenters. The van der Waals surface area contributed by atoms with Crippen LogP contribution in [0.4, 0.5) is 0 Å². The summed E-state index contributed by atoms with van der Waals surface area (Å²) in [5.74, 6) is 0.725. The first kappa shape index (κ1) is 24.1. The molecule has 1 saturated heterocycles. The third-order valence-electron chi connectivity index (χ3n) is 5.47. The number of sulfonamides is 1. The van der Waals surface area contributed by atoms with E-state index in [4.69, 9.17) is 9.47 Å². The number of aryl methyl sites for hydroxylation is 1.